The Morgan fingerprint density at radius 2 is 2.00 bits per heavy atom. The molecule has 5 heteroatoms. The molecule has 0 aliphatic rings. The van der Waals surface area contributed by atoms with Gasteiger partial charge >= 0.3 is 11.4 Å². The lowest BCUT2D eigenvalue weighted by molar-refractivity contribution is 0.187. The predicted molar refractivity (Wildman–Crippen MR) is 28.5 cm³/mol. The van der Waals surface area contributed by atoms with E-state index in [2.05, 4.69) is 14.0 Å². The average molecular weight is 136 g/mol. The Hall–Kier alpha value is -0.0000000000000000555. The Morgan fingerprint density at radius 3 is 2.00 bits per heavy atom. The van der Waals surface area contributed by atoms with Gasteiger partial charge in [0.05, 0.1) is 9.24 Å². The fraction of sp³-hybridized carbons (Fsp3) is 0. The molecule has 38 valence electrons. The third-order valence-electron chi connectivity index (χ3n) is 0.188. The Morgan fingerprint density at radius 1 is 1.57 bits per heavy atom. The molecule has 0 fully saturated rings. The molecule has 0 rings (SSSR count). The third-order valence-corrected chi connectivity index (χ3v) is 0.397. The lowest BCUT2D eigenvalue weighted by Crippen LogP contribution is -1.92. The first-order valence-electron chi connectivity index (χ1n) is 1.33. The van der Waals surface area contributed by atoms with Gasteiger partial charge in [0.25, 0.3) is 0 Å². The van der Waals surface area contributed by atoms with Crippen molar-refractivity contribution < 1.29 is 14.3 Å². The van der Waals surface area contributed by atoms with Gasteiger partial charge in [-0.25, -0.2) is 9.59 Å². The molecule has 0 heterocycles. The third kappa shape index (κ3) is 6.00. The van der Waals surface area contributed by atoms with Crippen LogP contribution in [0.3, 0.4) is 0 Å². The molecule has 0 N–H and O–H groups in total. The quantitative estimate of drug-likeness (QED) is 0.374. The summed E-state index contributed by atoms with van der Waals surface area (Å²) in [6.07, 6.45) is 0. The van der Waals surface area contributed by atoms with Crippen LogP contribution < -0.4 is 0 Å². The molecule has 2 radical (unpaired) electrons. The molecule has 3 nitrogen and oxygen atoms in total. The number of carbonyl (C=O) groups is 2. The molecule has 0 aromatic rings. The molecule has 1 atom stereocenters. The molecular formula is C2H2O3P2. The van der Waals surface area contributed by atoms with E-state index in [1.165, 1.54) is 0 Å². The van der Waals surface area contributed by atoms with E-state index >= 15 is 0 Å². The van der Waals surface area contributed by atoms with Crippen molar-refractivity contribution in [2.24, 2.45) is 0 Å². The minimum atomic E-state index is -0.889. The zero-order valence-corrected chi connectivity index (χ0v) is 5.30. The first kappa shape index (κ1) is 7.00. The summed E-state index contributed by atoms with van der Waals surface area (Å²) in [4.78, 5) is 19.4. The maximum Gasteiger partial charge on any atom is 0.344 e. The van der Waals surface area contributed by atoms with Crippen LogP contribution in [-0.4, -0.2) is 11.4 Å². The van der Waals surface area contributed by atoms with Gasteiger partial charge in [-0.1, -0.05) is 0 Å². The summed E-state index contributed by atoms with van der Waals surface area (Å²) in [5, 5.41) is 0. The van der Waals surface area contributed by atoms with Crippen LogP contribution in [0.5, 0.6) is 0 Å². The minimum absolute atomic E-state index is 0.722. The van der Waals surface area contributed by atoms with Crippen molar-refractivity contribution in [1.82, 2.24) is 0 Å². The number of hydrogen-bond donors (Lipinski definition) is 0. The molecule has 0 spiro atoms. The van der Waals surface area contributed by atoms with Crippen LogP contribution in [0.2, 0.25) is 0 Å². The van der Waals surface area contributed by atoms with Gasteiger partial charge in [0.15, 0.2) is 0 Å². The molecule has 7 heavy (non-hydrogen) atoms. The zero-order valence-electron chi connectivity index (χ0n) is 3.25. The van der Waals surface area contributed by atoms with Crippen molar-refractivity contribution in [3.63, 3.8) is 0 Å². The van der Waals surface area contributed by atoms with Gasteiger partial charge < -0.3 is 4.74 Å². The molecule has 0 saturated carbocycles. The predicted octanol–water partition coefficient (Wildman–Crippen LogP) is 1.53. The highest BCUT2D eigenvalue weighted by atomic mass is 31.0. The highest BCUT2D eigenvalue weighted by molar-refractivity contribution is 7.42. The minimum Gasteiger partial charge on any atom is -0.387 e. The van der Waals surface area contributed by atoms with Gasteiger partial charge in [-0.15, -0.1) is 0 Å². The highest BCUT2D eigenvalue weighted by Gasteiger charge is 1.95. The number of hydrogen-bond acceptors (Lipinski definition) is 3. The molecule has 0 aromatic heterocycles. The summed E-state index contributed by atoms with van der Waals surface area (Å²) in [5.41, 5.74) is -1.61. The first-order valence-corrected chi connectivity index (χ1v) is 2.35. The second-order valence-electron chi connectivity index (χ2n) is 0.687. The molecular weight excluding hydrogens is 134 g/mol. The lowest BCUT2D eigenvalue weighted by atomic mass is 11.4. The average Bonchev–Trinajstić information content (AvgIpc) is 1.27. The van der Waals surface area contributed by atoms with Crippen molar-refractivity contribution in [2.45, 2.75) is 0 Å². The van der Waals surface area contributed by atoms with Gasteiger partial charge in [-0.3, -0.25) is 0 Å². The summed E-state index contributed by atoms with van der Waals surface area (Å²) < 4.78 is 3.80. The molecule has 0 bridgehead atoms. The normalized spacial score (nSPS) is 7.71. The smallest absolute Gasteiger partial charge is 0.344 e. The zero-order chi connectivity index (χ0) is 5.86. The topological polar surface area (TPSA) is 43.4 Å². The molecule has 0 saturated heterocycles. The number of rotatable bonds is 0. The van der Waals surface area contributed by atoms with Crippen LogP contribution in [-0.2, 0) is 4.74 Å². The van der Waals surface area contributed by atoms with Gasteiger partial charge in [0.1, 0.15) is 0 Å². The fourth-order valence-electron chi connectivity index (χ4n) is 0.0861. The highest BCUT2D eigenvalue weighted by Crippen LogP contribution is 1.96. The summed E-state index contributed by atoms with van der Waals surface area (Å²) in [7, 11) is 4.81. The van der Waals surface area contributed by atoms with E-state index in [4.69, 9.17) is 0 Å². The Bertz CT molecular complexity index is 87.1. The van der Waals surface area contributed by atoms with E-state index in [0.717, 1.165) is 0 Å². The second-order valence-corrected chi connectivity index (χ2v) is 1.52. The van der Waals surface area contributed by atoms with E-state index < -0.39 is 11.4 Å². The van der Waals surface area contributed by atoms with E-state index in [1.54, 1.807) is 9.24 Å². The summed E-state index contributed by atoms with van der Waals surface area (Å²) in [6.45, 7) is 0. The van der Waals surface area contributed by atoms with Crippen LogP contribution in [0.4, 0.5) is 9.59 Å². The van der Waals surface area contributed by atoms with Crippen LogP contribution >= 0.6 is 18.5 Å². The molecule has 0 aromatic carbocycles. The van der Waals surface area contributed by atoms with E-state index in [1.807, 2.05) is 0 Å². The van der Waals surface area contributed by atoms with Crippen molar-refractivity contribution >= 4 is 29.9 Å². The van der Waals surface area contributed by atoms with Crippen LogP contribution in [0, 0.1) is 0 Å². The van der Waals surface area contributed by atoms with Crippen molar-refractivity contribution in [1.29, 1.82) is 0 Å². The van der Waals surface area contributed by atoms with Crippen LogP contribution in [0.1, 0.15) is 0 Å². The Labute approximate surface area is 45.2 Å². The second kappa shape index (κ2) is 3.06. The summed E-state index contributed by atoms with van der Waals surface area (Å²) >= 11 is 0. The van der Waals surface area contributed by atoms with Crippen LogP contribution in [0.25, 0.3) is 0 Å². The van der Waals surface area contributed by atoms with Crippen molar-refractivity contribution in [3.05, 3.63) is 0 Å². The molecule has 1 unspecified atom stereocenters. The SMILES string of the molecule is O=C([P])OC(=O)P. The Kier molecular flexibility index (Phi) is 3.06. The summed E-state index contributed by atoms with van der Waals surface area (Å²) in [6, 6.07) is 0. The van der Waals surface area contributed by atoms with Gasteiger partial charge in [-0.05, 0) is 9.24 Å². The van der Waals surface area contributed by atoms with Crippen molar-refractivity contribution in [3.8, 4) is 0 Å². The fourth-order valence-corrected chi connectivity index (χ4v) is 0.382. The van der Waals surface area contributed by atoms with E-state index in [9.17, 15) is 9.59 Å². The molecule has 0 aliphatic heterocycles. The van der Waals surface area contributed by atoms with Gasteiger partial charge in [0.2, 0.25) is 0 Å². The Balaban J connectivity index is 3.32. The van der Waals surface area contributed by atoms with Crippen molar-refractivity contribution in [2.75, 3.05) is 0 Å². The van der Waals surface area contributed by atoms with Gasteiger partial charge in [-0.2, -0.15) is 0 Å². The first-order chi connectivity index (χ1) is 3.13. The molecule has 0 aliphatic carbocycles. The maximum atomic E-state index is 9.73. The maximum absolute atomic E-state index is 9.73. The van der Waals surface area contributed by atoms with E-state index in [-0.39, 0.29) is 0 Å². The monoisotopic (exact) mass is 136 g/mol. The largest absolute Gasteiger partial charge is 0.387 e. The summed E-state index contributed by atoms with van der Waals surface area (Å²) in [5.74, 6) is 0. The standard InChI is InChI=1S/C2H2O3P2/c3-1(6)5-2(4)7/h6H2. The number of carbonyl (C=O) groups excluding carboxylic acids is 2. The number of ether oxygens (including phenoxy) is 1. The van der Waals surface area contributed by atoms with Crippen LogP contribution in [0.15, 0.2) is 0 Å². The van der Waals surface area contributed by atoms with Gasteiger partial charge in [0, 0.05) is 0 Å². The molecule has 0 amide bonds. The van der Waals surface area contributed by atoms with E-state index in [0.29, 0.717) is 0 Å². The lowest BCUT2D eigenvalue weighted by Gasteiger charge is -1.86.